The van der Waals surface area contributed by atoms with E-state index in [2.05, 4.69) is 42.0 Å². The van der Waals surface area contributed by atoms with Crippen LogP contribution < -0.4 is 5.32 Å². The van der Waals surface area contributed by atoms with Crippen molar-refractivity contribution in [3.8, 4) is 0 Å². The van der Waals surface area contributed by atoms with E-state index in [-0.39, 0.29) is 0 Å². The molecule has 1 unspecified atom stereocenters. The Labute approximate surface area is 112 Å². The number of rotatable bonds is 3. The first-order valence-electron chi connectivity index (χ1n) is 6.16. The minimum absolute atomic E-state index is 0.568. The largest absolute Gasteiger partial charge is 0.466 e. The van der Waals surface area contributed by atoms with Gasteiger partial charge in [-0.2, -0.15) is 0 Å². The van der Waals surface area contributed by atoms with E-state index in [1.807, 2.05) is 6.92 Å². The maximum atomic E-state index is 5.80. The minimum Gasteiger partial charge on any atom is -0.466 e. The van der Waals surface area contributed by atoms with Gasteiger partial charge in [-0.15, -0.1) is 0 Å². The van der Waals surface area contributed by atoms with Gasteiger partial charge in [0.05, 0.1) is 0 Å². The van der Waals surface area contributed by atoms with Gasteiger partial charge in [0.25, 0.3) is 0 Å². The Bertz CT molecular complexity index is 432. The molecule has 0 bridgehead atoms. The average molecular weight is 298 g/mol. The number of nitrogens with one attached hydrogen (secondary N) is 1. The van der Waals surface area contributed by atoms with Crippen molar-refractivity contribution in [2.45, 2.75) is 34.1 Å². The van der Waals surface area contributed by atoms with E-state index in [1.54, 1.807) is 0 Å². The monoisotopic (exact) mass is 297 g/mol. The van der Waals surface area contributed by atoms with Gasteiger partial charge in [-0.25, -0.2) is 0 Å². The highest BCUT2D eigenvalue weighted by atomic mass is 79.9. The Balaban J connectivity index is 2.44. The molecule has 1 aliphatic heterocycles. The van der Waals surface area contributed by atoms with Crippen molar-refractivity contribution < 1.29 is 4.74 Å². The lowest BCUT2D eigenvalue weighted by molar-refractivity contribution is 0.294. The molecule has 2 rings (SSSR count). The third-order valence-corrected chi connectivity index (χ3v) is 4.01. The molecule has 1 aliphatic carbocycles. The number of fused-ring (bicyclic) bond motifs is 1. The molecule has 1 heterocycles. The van der Waals surface area contributed by atoms with Gasteiger partial charge in [-0.05, 0) is 32.8 Å². The van der Waals surface area contributed by atoms with E-state index in [0.717, 1.165) is 29.8 Å². The molecule has 0 saturated carbocycles. The number of halogens is 1. The third kappa shape index (κ3) is 2.17. The van der Waals surface area contributed by atoms with Crippen molar-refractivity contribution in [3.63, 3.8) is 0 Å². The lowest BCUT2D eigenvalue weighted by atomic mass is 9.97. The second kappa shape index (κ2) is 4.89. The Morgan fingerprint density at radius 2 is 2.00 bits per heavy atom. The van der Waals surface area contributed by atoms with Crippen molar-refractivity contribution >= 4 is 15.9 Å². The van der Waals surface area contributed by atoms with Crippen LogP contribution in [0.15, 0.2) is 33.9 Å². The maximum Gasteiger partial charge on any atom is 0.104 e. The highest BCUT2D eigenvalue weighted by Gasteiger charge is 2.32. The number of hydrogen-bond donors (Lipinski definition) is 1. The van der Waals surface area contributed by atoms with Gasteiger partial charge in [-0.3, -0.25) is 0 Å². The second-order valence-corrected chi connectivity index (χ2v) is 5.62. The van der Waals surface area contributed by atoms with Crippen LogP contribution in [0.5, 0.6) is 0 Å². The van der Waals surface area contributed by atoms with Gasteiger partial charge in [0, 0.05) is 34.6 Å². The summed E-state index contributed by atoms with van der Waals surface area (Å²) < 4.78 is 5.80. The molecule has 0 saturated heterocycles. The predicted molar refractivity (Wildman–Crippen MR) is 74.8 cm³/mol. The molecule has 94 valence electrons. The van der Waals surface area contributed by atoms with E-state index in [0.29, 0.717) is 5.92 Å². The number of ether oxygens (including phenoxy) is 1. The van der Waals surface area contributed by atoms with Crippen molar-refractivity contribution in [2.75, 3.05) is 11.9 Å². The normalized spacial score (nSPS) is 24.2. The first-order chi connectivity index (χ1) is 8.06. The van der Waals surface area contributed by atoms with Crippen LogP contribution in [0.2, 0.25) is 0 Å². The van der Waals surface area contributed by atoms with Gasteiger partial charge in [0.2, 0.25) is 0 Å². The van der Waals surface area contributed by atoms with Gasteiger partial charge in [0.15, 0.2) is 0 Å². The van der Waals surface area contributed by atoms with Crippen LogP contribution in [0.1, 0.15) is 34.1 Å². The summed E-state index contributed by atoms with van der Waals surface area (Å²) in [6, 6.07) is 0. The average Bonchev–Trinajstić information content (AvgIpc) is 2.61. The fourth-order valence-corrected chi connectivity index (χ4v) is 2.85. The summed E-state index contributed by atoms with van der Waals surface area (Å²) in [5.41, 5.74) is 5.46. The molecule has 0 fully saturated rings. The van der Waals surface area contributed by atoms with Crippen molar-refractivity contribution in [1.82, 2.24) is 5.32 Å². The summed E-state index contributed by atoms with van der Waals surface area (Å²) in [5.74, 6) is 2.68. The molecule has 1 atom stereocenters. The fraction of sp³-hybridized carbons (Fsp3) is 0.571. The molecule has 1 N–H and O–H groups in total. The zero-order chi connectivity index (χ0) is 12.6. The first kappa shape index (κ1) is 12.7. The smallest absolute Gasteiger partial charge is 0.104 e. The van der Waals surface area contributed by atoms with E-state index in [1.165, 1.54) is 22.4 Å². The molecular weight excluding hydrogens is 278 g/mol. The fourth-order valence-electron chi connectivity index (χ4n) is 2.66. The molecule has 0 aromatic heterocycles. The molecule has 0 amide bonds. The summed E-state index contributed by atoms with van der Waals surface area (Å²) in [5, 5.41) is 4.54. The molecule has 3 heteroatoms. The Hall–Kier alpha value is -0.700. The summed E-state index contributed by atoms with van der Waals surface area (Å²) >= 11 is 3.47. The van der Waals surface area contributed by atoms with E-state index in [9.17, 15) is 0 Å². The SMILES string of the molecule is CC1=C(C)C2=C(NCCBr)C(C)CC2=C(C)O1. The second-order valence-electron chi connectivity index (χ2n) is 4.83. The predicted octanol–water partition coefficient (Wildman–Crippen LogP) is 3.86. The van der Waals surface area contributed by atoms with Crippen LogP contribution in [0.4, 0.5) is 0 Å². The molecular formula is C14H20BrNO. The maximum absolute atomic E-state index is 5.80. The number of hydrogen-bond acceptors (Lipinski definition) is 2. The number of alkyl halides is 1. The molecule has 0 aromatic rings. The zero-order valence-electron chi connectivity index (χ0n) is 11.0. The lowest BCUT2D eigenvalue weighted by Gasteiger charge is -2.22. The van der Waals surface area contributed by atoms with Crippen LogP contribution in [-0.4, -0.2) is 11.9 Å². The van der Waals surface area contributed by atoms with E-state index < -0.39 is 0 Å². The lowest BCUT2D eigenvalue weighted by Crippen LogP contribution is -2.20. The van der Waals surface area contributed by atoms with Crippen molar-refractivity contribution in [1.29, 1.82) is 0 Å². The Morgan fingerprint density at radius 1 is 1.29 bits per heavy atom. The summed E-state index contributed by atoms with van der Waals surface area (Å²) in [4.78, 5) is 0. The molecule has 0 aromatic carbocycles. The van der Waals surface area contributed by atoms with Crippen LogP contribution >= 0.6 is 15.9 Å². The summed E-state index contributed by atoms with van der Waals surface area (Å²) in [7, 11) is 0. The van der Waals surface area contributed by atoms with Gasteiger partial charge in [-0.1, -0.05) is 22.9 Å². The zero-order valence-corrected chi connectivity index (χ0v) is 12.6. The molecule has 2 nitrogen and oxygen atoms in total. The first-order valence-corrected chi connectivity index (χ1v) is 7.28. The highest BCUT2D eigenvalue weighted by molar-refractivity contribution is 9.09. The molecule has 2 aliphatic rings. The molecule has 0 radical (unpaired) electrons. The van der Waals surface area contributed by atoms with Crippen LogP contribution in [0, 0.1) is 5.92 Å². The Kier molecular flexibility index (Phi) is 3.67. The van der Waals surface area contributed by atoms with Gasteiger partial charge < -0.3 is 10.1 Å². The minimum atomic E-state index is 0.568. The summed E-state index contributed by atoms with van der Waals surface area (Å²) in [6.45, 7) is 9.54. The van der Waals surface area contributed by atoms with E-state index in [4.69, 9.17) is 4.74 Å². The highest BCUT2D eigenvalue weighted by Crippen LogP contribution is 2.44. The van der Waals surface area contributed by atoms with E-state index >= 15 is 0 Å². The third-order valence-electron chi connectivity index (χ3n) is 3.62. The quantitative estimate of drug-likeness (QED) is 0.799. The van der Waals surface area contributed by atoms with Gasteiger partial charge in [0.1, 0.15) is 11.5 Å². The van der Waals surface area contributed by atoms with Crippen molar-refractivity contribution in [2.24, 2.45) is 5.92 Å². The van der Waals surface area contributed by atoms with Crippen LogP contribution in [0.25, 0.3) is 0 Å². The van der Waals surface area contributed by atoms with Crippen LogP contribution in [0.3, 0.4) is 0 Å². The van der Waals surface area contributed by atoms with Crippen molar-refractivity contribution in [3.05, 3.63) is 33.9 Å². The van der Waals surface area contributed by atoms with Crippen LogP contribution in [-0.2, 0) is 4.74 Å². The number of allylic oxidation sites excluding steroid dienone is 6. The standard InChI is InChI=1S/C14H20BrNO/c1-8-7-12-11(4)17-10(3)9(2)13(12)14(8)16-6-5-15/h8,16H,5-7H2,1-4H3. The summed E-state index contributed by atoms with van der Waals surface area (Å²) in [6.07, 6.45) is 1.09. The Morgan fingerprint density at radius 3 is 2.65 bits per heavy atom. The topological polar surface area (TPSA) is 21.3 Å². The molecule has 17 heavy (non-hydrogen) atoms. The molecule has 0 spiro atoms. The van der Waals surface area contributed by atoms with Gasteiger partial charge >= 0.3 is 0 Å².